The van der Waals surface area contributed by atoms with E-state index in [1.54, 1.807) is 24.3 Å². The quantitative estimate of drug-likeness (QED) is 0.361. The van der Waals surface area contributed by atoms with Gasteiger partial charge in [-0.3, -0.25) is 10.1 Å². The van der Waals surface area contributed by atoms with Crippen molar-refractivity contribution in [3.8, 4) is 11.5 Å². The topological polar surface area (TPSA) is 89.3 Å². The van der Waals surface area contributed by atoms with Crippen LogP contribution in [0.25, 0.3) is 0 Å². The molecule has 2 aromatic carbocycles. The lowest BCUT2D eigenvalue weighted by Crippen LogP contribution is -2.19. The highest BCUT2D eigenvalue weighted by Gasteiger charge is 2.24. The minimum absolute atomic E-state index is 0.0506. The van der Waals surface area contributed by atoms with E-state index >= 15 is 0 Å². The van der Waals surface area contributed by atoms with Crippen LogP contribution in [0.1, 0.15) is 5.56 Å². The number of hydrogen-bond donors (Lipinski definition) is 1. The number of rotatable bonds is 5. The molecule has 2 aromatic rings. The molecule has 1 amide bonds. The summed E-state index contributed by atoms with van der Waals surface area (Å²) in [5, 5.41) is 10.4. The number of methoxy groups -OCH3 is 1. The SMILES string of the molecule is COC(=O)/C=C1/S/C(=N\N=Cc2ccc(F)c(Oc3ccccc3)c2)NC1=O. The molecule has 3 rings (SSSR count). The van der Waals surface area contributed by atoms with Crippen LogP contribution in [0.4, 0.5) is 4.39 Å². The van der Waals surface area contributed by atoms with E-state index in [2.05, 4.69) is 20.3 Å². The van der Waals surface area contributed by atoms with E-state index < -0.39 is 17.7 Å². The minimum atomic E-state index is -0.639. The molecule has 1 aliphatic rings. The van der Waals surface area contributed by atoms with E-state index in [0.717, 1.165) is 17.8 Å². The van der Waals surface area contributed by atoms with E-state index in [9.17, 15) is 14.0 Å². The van der Waals surface area contributed by atoms with Gasteiger partial charge in [-0.1, -0.05) is 24.3 Å². The number of amides is 1. The second kappa shape index (κ2) is 8.96. The van der Waals surface area contributed by atoms with Crippen molar-refractivity contribution in [1.82, 2.24) is 5.32 Å². The fraction of sp³-hybridized carbons (Fsp3) is 0.0526. The third-order valence-corrected chi connectivity index (χ3v) is 4.28. The maximum Gasteiger partial charge on any atom is 0.331 e. The lowest BCUT2D eigenvalue weighted by Gasteiger charge is -2.07. The van der Waals surface area contributed by atoms with Crippen molar-refractivity contribution in [2.75, 3.05) is 7.11 Å². The van der Waals surface area contributed by atoms with Gasteiger partial charge in [0.25, 0.3) is 5.91 Å². The van der Waals surface area contributed by atoms with Gasteiger partial charge in [-0.05, 0) is 41.6 Å². The first kappa shape index (κ1) is 19.3. The molecule has 7 nitrogen and oxygen atoms in total. The molecule has 1 aliphatic heterocycles. The summed E-state index contributed by atoms with van der Waals surface area (Å²) in [6, 6.07) is 13.1. The molecule has 28 heavy (non-hydrogen) atoms. The van der Waals surface area contributed by atoms with Crippen molar-refractivity contribution in [3.63, 3.8) is 0 Å². The predicted octanol–water partition coefficient (Wildman–Crippen LogP) is 3.23. The Kier molecular flexibility index (Phi) is 6.18. The first-order valence-electron chi connectivity index (χ1n) is 7.97. The summed E-state index contributed by atoms with van der Waals surface area (Å²) in [4.78, 5) is 23.1. The summed E-state index contributed by atoms with van der Waals surface area (Å²) < 4.78 is 23.9. The van der Waals surface area contributed by atoms with Crippen LogP contribution < -0.4 is 10.1 Å². The molecule has 0 bridgehead atoms. The van der Waals surface area contributed by atoms with Gasteiger partial charge in [-0.15, -0.1) is 5.10 Å². The molecule has 1 heterocycles. The van der Waals surface area contributed by atoms with Gasteiger partial charge in [-0.25, -0.2) is 9.18 Å². The molecule has 0 atom stereocenters. The number of esters is 1. The summed E-state index contributed by atoms with van der Waals surface area (Å²) in [6.07, 6.45) is 2.46. The second-order valence-electron chi connectivity index (χ2n) is 5.34. The number of carbonyl (C=O) groups is 2. The number of hydrogen-bond acceptors (Lipinski definition) is 7. The Balaban J connectivity index is 1.70. The molecular weight excluding hydrogens is 385 g/mol. The fourth-order valence-electron chi connectivity index (χ4n) is 2.08. The van der Waals surface area contributed by atoms with Crippen LogP contribution in [0.5, 0.6) is 11.5 Å². The first-order chi connectivity index (χ1) is 13.5. The van der Waals surface area contributed by atoms with Crippen LogP contribution in [0, 0.1) is 5.82 Å². The number of ether oxygens (including phenoxy) is 2. The van der Waals surface area contributed by atoms with Crippen LogP contribution >= 0.6 is 11.8 Å². The number of benzene rings is 2. The summed E-state index contributed by atoms with van der Waals surface area (Å²) >= 11 is 0.956. The van der Waals surface area contributed by atoms with E-state index in [-0.39, 0.29) is 15.8 Å². The van der Waals surface area contributed by atoms with Crippen LogP contribution in [0.3, 0.4) is 0 Å². The molecule has 0 spiro atoms. The highest BCUT2D eigenvalue weighted by atomic mass is 32.2. The third kappa shape index (κ3) is 5.04. The van der Waals surface area contributed by atoms with Crippen molar-refractivity contribution >= 4 is 35.0 Å². The van der Waals surface area contributed by atoms with Gasteiger partial charge >= 0.3 is 5.97 Å². The zero-order chi connectivity index (χ0) is 19.9. The summed E-state index contributed by atoms with van der Waals surface area (Å²) in [5.74, 6) is -1.06. The molecular formula is C19H14FN3O4S. The van der Waals surface area contributed by atoms with Crippen LogP contribution in [0.2, 0.25) is 0 Å². The number of thioether (sulfide) groups is 1. The van der Waals surface area contributed by atoms with Gasteiger partial charge in [0, 0.05) is 6.08 Å². The number of nitrogens with one attached hydrogen (secondary N) is 1. The Morgan fingerprint density at radius 3 is 2.75 bits per heavy atom. The molecule has 1 N–H and O–H groups in total. The average molecular weight is 399 g/mol. The minimum Gasteiger partial charge on any atom is -0.466 e. The van der Waals surface area contributed by atoms with Crippen LogP contribution in [-0.2, 0) is 14.3 Å². The van der Waals surface area contributed by atoms with Crippen molar-refractivity contribution in [3.05, 3.63) is 70.9 Å². The molecule has 1 saturated heterocycles. The highest BCUT2D eigenvalue weighted by molar-refractivity contribution is 8.18. The Labute approximate surface area is 163 Å². The normalized spacial score (nSPS) is 16.6. The molecule has 0 saturated carbocycles. The highest BCUT2D eigenvalue weighted by Crippen LogP contribution is 2.25. The van der Waals surface area contributed by atoms with Crippen molar-refractivity contribution in [2.24, 2.45) is 10.2 Å². The third-order valence-electron chi connectivity index (χ3n) is 3.38. The van der Waals surface area contributed by atoms with E-state index in [1.807, 2.05) is 6.07 Å². The maximum atomic E-state index is 14.0. The molecule has 0 unspecified atom stereocenters. The zero-order valence-electron chi connectivity index (χ0n) is 14.6. The molecule has 0 aromatic heterocycles. The number of amidine groups is 1. The van der Waals surface area contributed by atoms with Gasteiger partial charge in [0.15, 0.2) is 16.7 Å². The van der Waals surface area contributed by atoms with Crippen LogP contribution in [-0.4, -0.2) is 30.4 Å². The Bertz CT molecular complexity index is 990. The molecule has 9 heteroatoms. The van der Waals surface area contributed by atoms with Crippen molar-refractivity contribution in [2.45, 2.75) is 0 Å². The van der Waals surface area contributed by atoms with Gasteiger partial charge < -0.3 is 9.47 Å². The summed E-state index contributed by atoms with van der Waals surface area (Å²) in [6.45, 7) is 0. The monoisotopic (exact) mass is 399 g/mol. The maximum absolute atomic E-state index is 14.0. The zero-order valence-corrected chi connectivity index (χ0v) is 15.4. The number of nitrogens with zero attached hydrogens (tertiary/aromatic N) is 2. The Morgan fingerprint density at radius 1 is 1.21 bits per heavy atom. The first-order valence-corrected chi connectivity index (χ1v) is 8.79. The molecule has 1 fully saturated rings. The van der Waals surface area contributed by atoms with Crippen molar-refractivity contribution in [1.29, 1.82) is 0 Å². The Hall–Kier alpha value is -3.46. The smallest absolute Gasteiger partial charge is 0.331 e. The standard InChI is InChI=1S/C19H14FN3O4S/c1-26-17(24)10-16-18(25)22-19(28-16)23-21-11-12-7-8-14(20)15(9-12)27-13-5-3-2-4-6-13/h2-11H,1H3,(H,22,23,25)/b16-10+,21-11?. The number of halogens is 1. The van der Waals surface area contributed by atoms with E-state index in [1.165, 1.54) is 31.5 Å². The second-order valence-corrected chi connectivity index (χ2v) is 6.37. The van der Waals surface area contributed by atoms with E-state index in [0.29, 0.717) is 11.3 Å². The summed E-state index contributed by atoms with van der Waals surface area (Å²) in [5.41, 5.74) is 0.552. The number of carbonyl (C=O) groups excluding carboxylic acids is 2. The lowest BCUT2D eigenvalue weighted by molar-refractivity contribution is -0.135. The predicted molar refractivity (Wildman–Crippen MR) is 104 cm³/mol. The molecule has 142 valence electrons. The van der Waals surface area contributed by atoms with Gasteiger partial charge in [0.05, 0.1) is 18.2 Å². The molecule has 0 radical (unpaired) electrons. The van der Waals surface area contributed by atoms with Crippen LogP contribution in [0.15, 0.2) is 69.7 Å². The van der Waals surface area contributed by atoms with Gasteiger partial charge in [0.2, 0.25) is 0 Å². The number of para-hydroxylation sites is 1. The lowest BCUT2D eigenvalue weighted by atomic mass is 10.2. The molecule has 0 aliphatic carbocycles. The largest absolute Gasteiger partial charge is 0.466 e. The average Bonchev–Trinajstić information content (AvgIpc) is 3.04. The van der Waals surface area contributed by atoms with Gasteiger partial charge in [0.1, 0.15) is 5.75 Å². The summed E-state index contributed by atoms with van der Waals surface area (Å²) in [7, 11) is 1.22. The van der Waals surface area contributed by atoms with E-state index in [4.69, 9.17) is 4.74 Å². The van der Waals surface area contributed by atoms with Gasteiger partial charge in [-0.2, -0.15) is 5.10 Å². The fourth-order valence-corrected chi connectivity index (χ4v) is 2.82. The Morgan fingerprint density at radius 2 is 2.00 bits per heavy atom. The van der Waals surface area contributed by atoms with Crippen molar-refractivity contribution < 1.29 is 23.5 Å².